The van der Waals surface area contributed by atoms with E-state index in [0.717, 1.165) is 0 Å². The van der Waals surface area contributed by atoms with E-state index in [1.807, 2.05) is 13.8 Å². The molecule has 32 heavy (non-hydrogen) atoms. The van der Waals surface area contributed by atoms with Gasteiger partial charge >= 0.3 is 5.97 Å². The molecule has 0 saturated carbocycles. The highest BCUT2D eigenvalue weighted by Crippen LogP contribution is 2.13. The van der Waals surface area contributed by atoms with Gasteiger partial charge < -0.3 is 9.22 Å². The maximum absolute atomic E-state index is 10.5. The Bertz CT molecular complexity index is 357. The van der Waals surface area contributed by atoms with Crippen molar-refractivity contribution in [3.8, 4) is 0 Å². The van der Waals surface area contributed by atoms with Gasteiger partial charge in [-0.15, -0.1) is 0 Å². The summed E-state index contributed by atoms with van der Waals surface area (Å²) < 4.78 is 6.06. The molecule has 3 heteroatoms. The molecule has 0 spiro atoms. The molecule has 0 saturated heterocycles. The average molecular weight is 457 g/mol. The molecule has 0 heterocycles. The van der Waals surface area contributed by atoms with Gasteiger partial charge in [-0.2, -0.15) is 0 Å². The zero-order chi connectivity index (χ0) is 24.5. The Morgan fingerprint density at radius 2 is 0.969 bits per heavy atom. The molecule has 0 radical (unpaired) electrons. The first-order valence-electron chi connectivity index (χ1n) is 14.3. The third kappa shape index (κ3) is 29.4. The lowest BCUT2D eigenvalue weighted by molar-refractivity contribution is -0.890. The monoisotopic (exact) mass is 456 g/mol. The van der Waals surface area contributed by atoms with Crippen molar-refractivity contribution in [2.45, 2.75) is 144 Å². The van der Waals surface area contributed by atoms with Crippen molar-refractivity contribution in [2.24, 2.45) is 5.92 Å². The second-order valence-corrected chi connectivity index (χ2v) is 10.8. The molecule has 0 unspecified atom stereocenters. The number of unbranched alkanes of at least 4 members (excludes halogenated alkanes) is 14. The third-order valence-corrected chi connectivity index (χ3v) is 6.10. The standard InChI is InChI=1S/C22H48N.C7H14O2/c1-5-7-9-11-13-15-17-19-21-23(3,4)22-20-18-16-14-12-10-8-6-2;1-4-7(8)9-5-6(2)3/h5-22H2,1-4H3;6H,4-5H2,1-3H3/q+1;. The van der Waals surface area contributed by atoms with Crippen LogP contribution >= 0.6 is 0 Å². The Balaban J connectivity index is 0. The average Bonchev–Trinajstić information content (AvgIpc) is 2.76. The topological polar surface area (TPSA) is 26.3 Å². The smallest absolute Gasteiger partial charge is 0.305 e. The number of hydrogen-bond acceptors (Lipinski definition) is 2. The molecule has 0 atom stereocenters. The van der Waals surface area contributed by atoms with E-state index in [1.165, 1.54) is 120 Å². The number of esters is 1. The summed E-state index contributed by atoms with van der Waals surface area (Å²) in [5.41, 5.74) is 0. The minimum absolute atomic E-state index is 0.108. The lowest BCUT2D eigenvalue weighted by atomic mass is 10.1. The molecule has 0 amide bonds. The highest BCUT2D eigenvalue weighted by Gasteiger charge is 2.13. The van der Waals surface area contributed by atoms with E-state index in [1.54, 1.807) is 6.92 Å². The Kier molecular flexibility index (Phi) is 26.3. The zero-order valence-electron chi connectivity index (χ0n) is 23.5. The molecule has 0 rings (SSSR count). The van der Waals surface area contributed by atoms with Crippen LogP contribution in [0.15, 0.2) is 0 Å². The molecule has 0 aliphatic rings. The van der Waals surface area contributed by atoms with Crippen LogP contribution in [0.2, 0.25) is 0 Å². The van der Waals surface area contributed by atoms with Crippen LogP contribution in [0.25, 0.3) is 0 Å². The van der Waals surface area contributed by atoms with Crippen molar-refractivity contribution >= 4 is 5.97 Å². The molecular weight excluding hydrogens is 394 g/mol. The molecule has 0 aromatic carbocycles. The van der Waals surface area contributed by atoms with E-state index >= 15 is 0 Å². The Labute approximate surface area is 203 Å². The number of quaternary nitrogens is 1. The summed E-state index contributed by atoms with van der Waals surface area (Å²) in [7, 11) is 4.87. The molecular formula is C29H62NO2+. The van der Waals surface area contributed by atoms with Crippen molar-refractivity contribution < 1.29 is 14.0 Å². The number of hydrogen-bond donors (Lipinski definition) is 0. The third-order valence-electron chi connectivity index (χ3n) is 6.10. The first kappa shape index (κ1) is 33.6. The fourth-order valence-electron chi connectivity index (χ4n) is 3.82. The van der Waals surface area contributed by atoms with Gasteiger partial charge in [0.2, 0.25) is 0 Å². The van der Waals surface area contributed by atoms with Gasteiger partial charge in [-0.1, -0.05) is 112 Å². The summed E-state index contributed by atoms with van der Waals surface area (Å²) >= 11 is 0. The number of rotatable bonds is 21. The molecule has 0 bridgehead atoms. The largest absolute Gasteiger partial charge is 0.465 e. The molecule has 0 aliphatic heterocycles. The van der Waals surface area contributed by atoms with Gasteiger partial charge in [-0.25, -0.2) is 0 Å². The highest BCUT2D eigenvalue weighted by molar-refractivity contribution is 5.68. The van der Waals surface area contributed by atoms with Crippen molar-refractivity contribution in [3.63, 3.8) is 0 Å². The number of carbonyl (C=O) groups is 1. The number of carbonyl (C=O) groups excluding carboxylic acids is 1. The summed E-state index contributed by atoms with van der Waals surface area (Å²) in [6, 6.07) is 0. The maximum Gasteiger partial charge on any atom is 0.305 e. The summed E-state index contributed by atoms with van der Waals surface area (Å²) in [4.78, 5) is 10.5. The van der Waals surface area contributed by atoms with Gasteiger partial charge in [0.1, 0.15) is 0 Å². The normalized spacial score (nSPS) is 11.4. The second-order valence-electron chi connectivity index (χ2n) is 10.8. The van der Waals surface area contributed by atoms with Crippen LogP contribution in [0, 0.1) is 5.92 Å². The van der Waals surface area contributed by atoms with Crippen LogP contribution in [0.3, 0.4) is 0 Å². The first-order chi connectivity index (χ1) is 15.3. The van der Waals surface area contributed by atoms with Crippen LogP contribution in [0.5, 0.6) is 0 Å². The van der Waals surface area contributed by atoms with Crippen molar-refractivity contribution in [3.05, 3.63) is 0 Å². The van der Waals surface area contributed by atoms with Crippen LogP contribution in [-0.2, 0) is 9.53 Å². The summed E-state index contributed by atoms with van der Waals surface area (Å²) in [6.07, 6.45) is 23.5. The molecule has 0 aliphatic carbocycles. The maximum atomic E-state index is 10.5. The molecule has 3 nitrogen and oxygen atoms in total. The van der Waals surface area contributed by atoms with Crippen molar-refractivity contribution in [1.82, 2.24) is 0 Å². The van der Waals surface area contributed by atoms with Crippen LogP contribution in [0.1, 0.15) is 144 Å². The van der Waals surface area contributed by atoms with Crippen molar-refractivity contribution in [1.29, 1.82) is 0 Å². The predicted molar refractivity (Wildman–Crippen MR) is 143 cm³/mol. The predicted octanol–water partition coefficient (Wildman–Crippen LogP) is 8.94. The van der Waals surface area contributed by atoms with E-state index in [-0.39, 0.29) is 5.97 Å². The van der Waals surface area contributed by atoms with Gasteiger partial charge in [0.15, 0.2) is 0 Å². The van der Waals surface area contributed by atoms with Crippen LogP contribution < -0.4 is 0 Å². The lowest BCUT2D eigenvalue weighted by Crippen LogP contribution is -2.41. The Morgan fingerprint density at radius 1 is 0.625 bits per heavy atom. The van der Waals surface area contributed by atoms with Crippen molar-refractivity contribution in [2.75, 3.05) is 33.8 Å². The summed E-state index contributed by atoms with van der Waals surface area (Å²) in [6.45, 7) is 13.7. The van der Waals surface area contributed by atoms with E-state index in [2.05, 4.69) is 27.9 Å². The summed E-state index contributed by atoms with van der Waals surface area (Å²) in [5.74, 6) is 0.337. The van der Waals surface area contributed by atoms with E-state index in [9.17, 15) is 4.79 Å². The Hall–Kier alpha value is -0.570. The van der Waals surface area contributed by atoms with E-state index < -0.39 is 0 Å². The second kappa shape index (κ2) is 25.1. The van der Waals surface area contributed by atoms with Gasteiger partial charge in [0.05, 0.1) is 33.8 Å². The van der Waals surface area contributed by atoms with Crippen LogP contribution in [0.4, 0.5) is 0 Å². The quantitative estimate of drug-likeness (QED) is 0.0978. The Morgan fingerprint density at radius 3 is 1.28 bits per heavy atom. The van der Waals surface area contributed by atoms with Gasteiger partial charge in [0, 0.05) is 6.42 Å². The minimum Gasteiger partial charge on any atom is -0.465 e. The fraction of sp³-hybridized carbons (Fsp3) is 0.966. The summed E-state index contributed by atoms with van der Waals surface area (Å²) in [5, 5.41) is 0. The SMILES string of the molecule is CCC(=O)OCC(C)C.CCCCCCCCCC[N+](C)(C)CCCCCCCCCC. The van der Waals surface area contributed by atoms with Gasteiger partial charge in [0.25, 0.3) is 0 Å². The van der Waals surface area contributed by atoms with Gasteiger partial charge in [-0.3, -0.25) is 4.79 Å². The fourth-order valence-corrected chi connectivity index (χ4v) is 3.82. The van der Waals surface area contributed by atoms with E-state index in [0.29, 0.717) is 18.9 Å². The molecule has 194 valence electrons. The number of nitrogens with zero attached hydrogens (tertiary/aromatic N) is 1. The highest BCUT2D eigenvalue weighted by atomic mass is 16.5. The zero-order valence-corrected chi connectivity index (χ0v) is 23.5. The van der Waals surface area contributed by atoms with E-state index in [4.69, 9.17) is 4.74 Å². The minimum atomic E-state index is -0.108. The lowest BCUT2D eigenvalue weighted by Gasteiger charge is -2.30. The number of ether oxygens (including phenoxy) is 1. The molecule has 0 N–H and O–H groups in total. The van der Waals surface area contributed by atoms with Crippen LogP contribution in [-0.4, -0.2) is 44.2 Å². The molecule has 0 aromatic heterocycles. The van der Waals surface area contributed by atoms with Gasteiger partial charge in [-0.05, 0) is 31.6 Å². The molecule has 0 fully saturated rings. The molecule has 0 aromatic rings. The first-order valence-corrected chi connectivity index (χ1v) is 14.3.